The van der Waals surface area contributed by atoms with Crippen LogP contribution in [0.1, 0.15) is 16.1 Å². The minimum atomic E-state index is -1.04. The molecule has 0 bridgehead atoms. The topological polar surface area (TPSA) is 39.2 Å². The molecule has 0 N–H and O–H groups in total. The molecule has 0 fully saturated rings. The highest BCUT2D eigenvalue weighted by atomic mass is 19.2. The van der Waals surface area contributed by atoms with Crippen LogP contribution in [0.2, 0.25) is 0 Å². The molecule has 1 aromatic heterocycles. The molecule has 3 nitrogen and oxygen atoms in total. The molecular formula is C15H13F2NO2. The van der Waals surface area contributed by atoms with Gasteiger partial charge in [-0.1, -0.05) is 6.07 Å². The molecule has 0 saturated carbocycles. The molecule has 0 radical (unpaired) electrons. The Bertz CT molecular complexity index is 588. The van der Waals surface area contributed by atoms with Gasteiger partial charge in [0.1, 0.15) is 6.61 Å². The standard InChI is InChI=1S/C15H13F2NO2/c16-13-5-4-11(9-14(13)17)15(19)10-20-8-6-12-3-1-2-7-18-12/h1-5,7,9H,6,8,10H2. The van der Waals surface area contributed by atoms with Gasteiger partial charge >= 0.3 is 0 Å². The number of hydrogen-bond acceptors (Lipinski definition) is 3. The minimum absolute atomic E-state index is 0.0988. The zero-order chi connectivity index (χ0) is 14.4. The third-order valence-corrected chi connectivity index (χ3v) is 2.70. The van der Waals surface area contributed by atoms with E-state index in [-0.39, 0.29) is 18.0 Å². The van der Waals surface area contributed by atoms with E-state index < -0.39 is 11.6 Å². The van der Waals surface area contributed by atoms with Gasteiger partial charge in [-0.05, 0) is 30.3 Å². The molecule has 2 rings (SSSR count). The summed E-state index contributed by atoms with van der Waals surface area (Å²) < 4.78 is 30.9. The molecule has 104 valence electrons. The zero-order valence-corrected chi connectivity index (χ0v) is 10.7. The summed E-state index contributed by atoms with van der Waals surface area (Å²) in [5.41, 5.74) is 0.967. The van der Waals surface area contributed by atoms with Crippen LogP contribution in [0.5, 0.6) is 0 Å². The Balaban J connectivity index is 1.79. The Morgan fingerprint density at radius 1 is 1.15 bits per heavy atom. The maximum Gasteiger partial charge on any atom is 0.188 e. The molecule has 0 unspecified atom stereocenters. The van der Waals surface area contributed by atoms with Gasteiger partial charge in [-0.2, -0.15) is 0 Å². The van der Waals surface area contributed by atoms with Crippen molar-refractivity contribution < 1.29 is 18.3 Å². The molecule has 0 atom stereocenters. The van der Waals surface area contributed by atoms with Crippen LogP contribution in [0.4, 0.5) is 8.78 Å². The third-order valence-electron chi connectivity index (χ3n) is 2.70. The predicted molar refractivity (Wildman–Crippen MR) is 69.4 cm³/mol. The summed E-state index contributed by atoms with van der Waals surface area (Å²) in [6.07, 6.45) is 2.27. The fourth-order valence-electron chi connectivity index (χ4n) is 1.64. The lowest BCUT2D eigenvalue weighted by Gasteiger charge is -2.04. The lowest BCUT2D eigenvalue weighted by Crippen LogP contribution is -2.11. The van der Waals surface area contributed by atoms with Crippen molar-refractivity contribution in [1.82, 2.24) is 4.98 Å². The Hall–Kier alpha value is -2.14. The average Bonchev–Trinajstić information content (AvgIpc) is 2.47. The van der Waals surface area contributed by atoms with Gasteiger partial charge in [0.15, 0.2) is 17.4 Å². The number of pyridine rings is 1. The van der Waals surface area contributed by atoms with E-state index in [9.17, 15) is 13.6 Å². The van der Waals surface area contributed by atoms with E-state index >= 15 is 0 Å². The summed E-state index contributed by atoms with van der Waals surface area (Å²) in [4.78, 5) is 15.8. The number of nitrogens with zero attached hydrogens (tertiary/aromatic N) is 1. The summed E-state index contributed by atoms with van der Waals surface area (Å²) >= 11 is 0. The second kappa shape index (κ2) is 6.86. The maximum absolute atomic E-state index is 13.0. The average molecular weight is 277 g/mol. The lowest BCUT2D eigenvalue weighted by molar-refractivity contribution is 0.0764. The fraction of sp³-hybridized carbons (Fsp3) is 0.200. The van der Waals surface area contributed by atoms with Crippen LogP contribution in [0.3, 0.4) is 0 Å². The van der Waals surface area contributed by atoms with E-state index in [2.05, 4.69) is 4.98 Å². The molecule has 5 heteroatoms. The molecule has 0 aliphatic carbocycles. The highest BCUT2D eigenvalue weighted by Gasteiger charge is 2.09. The summed E-state index contributed by atoms with van der Waals surface area (Å²) in [7, 11) is 0. The Morgan fingerprint density at radius 3 is 2.70 bits per heavy atom. The number of ether oxygens (including phenoxy) is 1. The minimum Gasteiger partial charge on any atom is -0.373 e. The van der Waals surface area contributed by atoms with Crippen LogP contribution in [0.25, 0.3) is 0 Å². The van der Waals surface area contributed by atoms with Crippen molar-refractivity contribution in [2.24, 2.45) is 0 Å². The van der Waals surface area contributed by atoms with Gasteiger partial charge in [0, 0.05) is 23.9 Å². The second-order valence-electron chi connectivity index (χ2n) is 4.18. The van der Waals surface area contributed by atoms with E-state index in [1.807, 2.05) is 18.2 Å². The smallest absolute Gasteiger partial charge is 0.188 e. The van der Waals surface area contributed by atoms with E-state index in [1.165, 1.54) is 6.07 Å². The highest BCUT2D eigenvalue weighted by molar-refractivity contribution is 5.97. The van der Waals surface area contributed by atoms with Crippen LogP contribution >= 0.6 is 0 Å². The molecule has 0 saturated heterocycles. The van der Waals surface area contributed by atoms with Gasteiger partial charge in [-0.15, -0.1) is 0 Å². The first kappa shape index (κ1) is 14.3. The summed E-state index contributed by atoms with van der Waals surface area (Å²) in [5, 5.41) is 0. The first-order valence-corrected chi connectivity index (χ1v) is 6.13. The molecule has 0 amide bonds. The van der Waals surface area contributed by atoms with Gasteiger partial charge in [-0.25, -0.2) is 8.78 Å². The van der Waals surface area contributed by atoms with Gasteiger partial charge in [0.05, 0.1) is 6.61 Å². The van der Waals surface area contributed by atoms with Crippen molar-refractivity contribution in [3.05, 3.63) is 65.5 Å². The van der Waals surface area contributed by atoms with Gasteiger partial charge < -0.3 is 4.74 Å². The largest absolute Gasteiger partial charge is 0.373 e. The fourth-order valence-corrected chi connectivity index (χ4v) is 1.64. The number of halogens is 2. The highest BCUT2D eigenvalue weighted by Crippen LogP contribution is 2.09. The van der Waals surface area contributed by atoms with Crippen molar-refractivity contribution in [2.75, 3.05) is 13.2 Å². The summed E-state index contributed by atoms with van der Waals surface area (Å²) in [5.74, 6) is -2.40. The molecule has 0 spiro atoms. The van der Waals surface area contributed by atoms with E-state index in [0.29, 0.717) is 13.0 Å². The van der Waals surface area contributed by atoms with Crippen LogP contribution in [0.15, 0.2) is 42.6 Å². The van der Waals surface area contributed by atoms with Crippen molar-refractivity contribution in [2.45, 2.75) is 6.42 Å². The van der Waals surface area contributed by atoms with Crippen molar-refractivity contribution in [1.29, 1.82) is 0 Å². The molecule has 1 aromatic carbocycles. The molecule has 2 aromatic rings. The lowest BCUT2D eigenvalue weighted by atomic mass is 10.1. The normalized spacial score (nSPS) is 10.5. The summed E-state index contributed by atoms with van der Waals surface area (Å²) in [6, 6.07) is 8.59. The van der Waals surface area contributed by atoms with Crippen LogP contribution < -0.4 is 0 Å². The molecule has 1 heterocycles. The zero-order valence-electron chi connectivity index (χ0n) is 10.7. The van der Waals surface area contributed by atoms with Crippen molar-refractivity contribution in [3.63, 3.8) is 0 Å². The number of aromatic nitrogens is 1. The van der Waals surface area contributed by atoms with E-state index in [0.717, 1.165) is 17.8 Å². The predicted octanol–water partition coefficient (Wildman–Crippen LogP) is 2.80. The molecule has 0 aliphatic heterocycles. The second-order valence-corrected chi connectivity index (χ2v) is 4.18. The van der Waals surface area contributed by atoms with Crippen LogP contribution in [-0.4, -0.2) is 24.0 Å². The molecule has 0 aliphatic rings. The van der Waals surface area contributed by atoms with Crippen LogP contribution in [0, 0.1) is 11.6 Å². The Morgan fingerprint density at radius 2 is 2.00 bits per heavy atom. The quantitative estimate of drug-likeness (QED) is 0.602. The Labute approximate surface area is 115 Å². The first-order valence-electron chi connectivity index (χ1n) is 6.13. The van der Waals surface area contributed by atoms with Crippen LogP contribution in [-0.2, 0) is 11.2 Å². The monoisotopic (exact) mass is 277 g/mol. The number of ketones is 1. The molecular weight excluding hydrogens is 264 g/mol. The Kier molecular flexibility index (Phi) is 4.90. The number of Topliss-reactive ketones (excluding diaryl/α,β-unsaturated/α-hetero) is 1. The van der Waals surface area contributed by atoms with E-state index in [1.54, 1.807) is 6.20 Å². The van der Waals surface area contributed by atoms with Gasteiger partial charge in [-0.3, -0.25) is 9.78 Å². The van der Waals surface area contributed by atoms with Gasteiger partial charge in [0.25, 0.3) is 0 Å². The maximum atomic E-state index is 13.0. The number of carbonyl (C=O) groups excluding carboxylic acids is 1. The number of hydrogen-bond donors (Lipinski definition) is 0. The number of carbonyl (C=O) groups is 1. The number of benzene rings is 1. The van der Waals surface area contributed by atoms with E-state index in [4.69, 9.17) is 4.74 Å². The third kappa shape index (κ3) is 3.93. The number of rotatable bonds is 6. The summed E-state index contributed by atoms with van der Waals surface area (Å²) in [6.45, 7) is 0.171. The first-order chi connectivity index (χ1) is 9.66. The van der Waals surface area contributed by atoms with Crippen molar-refractivity contribution >= 4 is 5.78 Å². The SMILES string of the molecule is O=C(COCCc1ccccn1)c1ccc(F)c(F)c1. The molecule has 20 heavy (non-hydrogen) atoms. The van der Waals surface area contributed by atoms with Crippen molar-refractivity contribution in [3.8, 4) is 0 Å². The van der Waals surface area contributed by atoms with Gasteiger partial charge in [0.2, 0.25) is 0 Å².